The minimum absolute atomic E-state index is 0.0204. The molecule has 0 heterocycles. The van der Waals surface area contributed by atoms with Gasteiger partial charge >= 0.3 is 5.97 Å². The van der Waals surface area contributed by atoms with Gasteiger partial charge in [0.05, 0.1) is 13.0 Å². The molecule has 0 aromatic rings. The van der Waals surface area contributed by atoms with Crippen molar-refractivity contribution in [2.75, 3.05) is 7.11 Å². The number of carbonyl (C=O) groups excluding carboxylic acids is 1. The third kappa shape index (κ3) is 3.81. The quantitative estimate of drug-likeness (QED) is 0.459. The van der Waals surface area contributed by atoms with E-state index >= 15 is 0 Å². The van der Waals surface area contributed by atoms with Crippen LogP contribution in [-0.4, -0.2) is 13.1 Å². The second-order valence-corrected chi connectivity index (χ2v) is 2.87. The lowest BCUT2D eigenvalue weighted by Gasteiger charge is -2.11. The average molecular weight is 156 g/mol. The Labute approximate surface area is 68.2 Å². The molecular formula is C9H16O2. The van der Waals surface area contributed by atoms with Crippen LogP contribution in [0.5, 0.6) is 0 Å². The molecule has 0 saturated carbocycles. The number of esters is 1. The smallest absolute Gasteiger partial charge is 0.308 e. The molecule has 0 aromatic carbocycles. The van der Waals surface area contributed by atoms with Crippen molar-refractivity contribution in [2.24, 2.45) is 11.8 Å². The number of carbonyl (C=O) groups is 1. The van der Waals surface area contributed by atoms with E-state index in [1.54, 1.807) is 0 Å². The summed E-state index contributed by atoms with van der Waals surface area (Å²) in [6.45, 7) is 7.55. The van der Waals surface area contributed by atoms with Crippen LogP contribution in [0.3, 0.4) is 0 Å². The fourth-order valence-corrected chi connectivity index (χ4v) is 0.951. The molecule has 11 heavy (non-hydrogen) atoms. The predicted octanol–water partition coefficient (Wildman–Crippen LogP) is 2.01. The third-order valence-corrected chi connectivity index (χ3v) is 1.73. The second kappa shape index (κ2) is 4.94. The van der Waals surface area contributed by atoms with Crippen molar-refractivity contribution >= 4 is 5.97 Å². The van der Waals surface area contributed by atoms with Gasteiger partial charge in [-0.1, -0.05) is 19.9 Å². The number of rotatable bonds is 4. The Morgan fingerprint density at radius 1 is 1.64 bits per heavy atom. The molecule has 0 rings (SSSR count). The van der Waals surface area contributed by atoms with Gasteiger partial charge in [-0.05, 0) is 12.3 Å². The zero-order chi connectivity index (χ0) is 8.85. The summed E-state index contributed by atoms with van der Waals surface area (Å²) in [7, 11) is 1.41. The molecule has 0 saturated heterocycles. The van der Waals surface area contributed by atoms with Crippen LogP contribution in [0.15, 0.2) is 12.7 Å². The van der Waals surface area contributed by atoms with Crippen molar-refractivity contribution in [3.8, 4) is 0 Å². The van der Waals surface area contributed by atoms with Gasteiger partial charge in [0, 0.05) is 0 Å². The molecule has 64 valence electrons. The van der Waals surface area contributed by atoms with E-state index in [-0.39, 0.29) is 11.9 Å². The van der Waals surface area contributed by atoms with Crippen LogP contribution in [0.4, 0.5) is 0 Å². The zero-order valence-electron chi connectivity index (χ0n) is 7.46. The maximum absolute atomic E-state index is 10.9. The lowest BCUT2D eigenvalue weighted by atomic mass is 9.98. The molecule has 0 aromatic heterocycles. The Bertz CT molecular complexity index is 140. The van der Waals surface area contributed by atoms with E-state index in [0.717, 1.165) is 6.42 Å². The number of methoxy groups -OCH3 is 1. The topological polar surface area (TPSA) is 26.3 Å². The van der Waals surface area contributed by atoms with E-state index in [1.807, 2.05) is 19.9 Å². The normalized spacial score (nSPS) is 15.2. The number of hydrogen-bond acceptors (Lipinski definition) is 2. The van der Waals surface area contributed by atoms with E-state index in [4.69, 9.17) is 0 Å². The molecule has 0 aliphatic carbocycles. The van der Waals surface area contributed by atoms with Gasteiger partial charge in [0.25, 0.3) is 0 Å². The summed E-state index contributed by atoms with van der Waals surface area (Å²) >= 11 is 0. The predicted molar refractivity (Wildman–Crippen MR) is 45.2 cm³/mol. The first-order valence-electron chi connectivity index (χ1n) is 3.82. The van der Waals surface area contributed by atoms with Crippen molar-refractivity contribution < 1.29 is 9.53 Å². The van der Waals surface area contributed by atoms with Gasteiger partial charge in [-0.25, -0.2) is 0 Å². The molecule has 2 unspecified atom stereocenters. The first kappa shape index (κ1) is 10.2. The summed E-state index contributed by atoms with van der Waals surface area (Å²) in [5.74, 6) is 0.218. The Morgan fingerprint density at radius 2 is 2.18 bits per heavy atom. The number of ether oxygens (including phenoxy) is 1. The number of allylic oxidation sites excluding steroid dienone is 1. The Balaban J connectivity index is 3.76. The molecule has 0 radical (unpaired) electrons. The monoisotopic (exact) mass is 156 g/mol. The van der Waals surface area contributed by atoms with Crippen molar-refractivity contribution in [1.82, 2.24) is 0 Å². The highest BCUT2D eigenvalue weighted by Gasteiger charge is 2.14. The van der Waals surface area contributed by atoms with Crippen molar-refractivity contribution in [3.63, 3.8) is 0 Å². The van der Waals surface area contributed by atoms with Gasteiger partial charge in [0.1, 0.15) is 0 Å². The van der Waals surface area contributed by atoms with E-state index in [1.165, 1.54) is 7.11 Å². The molecule has 2 atom stereocenters. The Morgan fingerprint density at radius 3 is 2.55 bits per heavy atom. The highest BCUT2D eigenvalue weighted by Crippen LogP contribution is 2.13. The summed E-state index contributed by atoms with van der Waals surface area (Å²) in [5, 5.41) is 0. The van der Waals surface area contributed by atoms with Crippen LogP contribution >= 0.6 is 0 Å². The maximum atomic E-state index is 10.9. The van der Waals surface area contributed by atoms with E-state index in [9.17, 15) is 4.79 Å². The van der Waals surface area contributed by atoms with Crippen LogP contribution in [-0.2, 0) is 9.53 Å². The van der Waals surface area contributed by atoms with Gasteiger partial charge in [0.15, 0.2) is 0 Å². The van der Waals surface area contributed by atoms with E-state index in [2.05, 4.69) is 11.3 Å². The molecule has 0 aliphatic heterocycles. The summed E-state index contributed by atoms with van der Waals surface area (Å²) in [5.41, 5.74) is 0. The molecule has 0 aliphatic rings. The van der Waals surface area contributed by atoms with Gasteiger partial charge in [-0.15, -0.1) is 6.58 Å². The van der Waals surface area contributed by atoms with E-state index < -0.39 is 0 Å². The second-order valence-electron chi connectivity index (χ2n) is 2.87. The lowest BCUT2D eigenvalue weighted by Crippen LogP contribution is -2.14. The van der Waals surface area contributed by atoms with Crippen LogP contribution in [0.2, 0.25) is 0 Å². The average Bonchev–Trinajstić information content (AvgIpc) is 2.02. The molecular weight excluding hydrogens is 140 g/mol. The van der Waals surface area contributed by atoms with Crippen molar-refractivity contribution in [3.05, 3.63) is 12.7 Å². The minimum Gasteiger partial charge on any atom is -0.469 e. The highest BCUT2D eigenvalue weighted by molar-refractivity contribution is 5.71. The van der Waals surface area contributed by atoms with Crippen molar-refractivity contribution in [2.45, 2.75) is 20.3 Å². The van der Waals surface area contributed by atoms with Crippen LogP contribution in [0.25, 0.3) is 0 Å². The summed E-state index contributed by atoms with van der Waals surface area (Å²) in [6.07, 6.45) is 2.66. The fourth-order valence-electron chi connectivity index (χ4n) is 0.951. The molecule has 2 heteroatoms. The van der Waals surface area contributed by atoms with Crippen molar-refractivity contribution in [1.29, 1.82) is 0 Å². The Hall–Kier alpha value is -0.790. The number of hydrogen-bond donors (Lipinski definition) is 0. The molecule has 0 amide bonds. The van der Waals surface area contributed by atoms with Crippen LogP contribution in [0.1, 0.15) is 20.3 Å². The maximum Gasteiger partial charge on any atom is 0.308 e. The zero-order valence-corrected chi connectivity index (χ0v) is 7.46. The Kier molecular flexibility index (Phi) is 4.59. The summed E-state index contributed by atoms with van der Waals surface area (Å²) in [6, 6.07) is 0. The molecule has 0 fully saturated rings. The largest absolute Gasteiger partial charge is 0.469 e. The SMILES string of the molecule is C=CC(C)CC(C)C(=O)OC. The fraction of sp³-hybridized carbons (Fsp3) is 0.667. The van der Waals surface area contributed by atoms with Gasteiger partial charge in [-0.3, -0.25) is 4.79 Å². The highest BCUT2D eigenvalue weighted by atomic mass is 16.5. The van der Waals surface area contributed by atoms with Gasteiger partial charge in [-0.2, -0.15) is 0 Å². The van der Waals surface area contributed by atoms with Gasteiger partial charge in [0.2, 0.25) is 0 Å². The van der Waals surface area contributed by atoms with Gasteiger partial charge < -0.3 is 4.74 Å². The molecule has 2 nitrogen and oxygen atoms in total. The van der Waals surface area contributed by atoms with Crippen LogP contribution < -0.4 is 0 Å². The first-order valence-corrected chi connectivity index (χ1v) is 3.82. The lowest BCUT2D eigenvalue weighted by molar-refractivity contribution is -0.145. The van der Waals surface area contributed by atoms with E-state index in [0.29, 0.717) is 5.92 Å². The summed E-state index contributed by atoms with van der Waals surface area (Å²) < 4.78 is 4.58. The molecule has 0 spiro atoms. The minimum atomic E-state index is -0.140. The van der Waals surface area contributed by atoms with Crippen LogP contribution in [0, 0.1) is 11.8 Å². The molecule has 0 N–H and O–H groups in total. The third-order valence-electron chi connectivity index (χ3n) is 1.73. The first-order chi connectivity index (χ1) is 5.11. The standard InChI is InChI=1S/C9H16O2/c1-5-7(2)6-8(3)9(10)11-4/h5,7-8H,1,6H2,2-4H3. The summed E-state index contributed by atoms with van der Waals surface area (Å²) in [4.78, 5) is 10.9. The molecule has 0 bridgehead atoms.